The monoisotopic (exact) mass is 403 g/mol. The third kappa shape index (κ3) is 4.52. The van der Waals surface area contributed by atoms with Crippen LogP contribution < -0.4 is 4.90 Å². The first-order valence-electron chi connectivity index (χ1n) is 9.73. The van der Waals surface area contributed by atoms with Gasteiger partial charge in [-0.05, 0) is 65.9 Å². The third-order valence-corrected chi connectivity index (χ3v) is 5.61. The first kappa shape index (κ1) is 19.3. The van der Waals surface area contributed by atoms with Gasteiger partial charge in [-0.3, -0.25) is 0 Å². The van der Waals surface area contributed by atoms with E-state index in [1.165, 1.54) is 16.7 Å². The lowest BCUT2D eigenvalue weighted by Crippen LogP contribution is -2.30. The molecule has 29 heavy (non-hydrogen) atoms. The van der Waals surface area contributed by atoms with E-state index < -0.39 is 5.97 Å². The summed E-state index contributed by atoms with van der Waals surface area (Å²) in [6.07, 6.45) is 4.31. The highest BCUT2D eigenvalue weighted by atomic mass is 35.5. The maximum absolute atomic E-state index is 11.0. The molecule has 0 atom stereocenters. The molecule has 1 saturated heterocycles. The predicted molar refractivity (Wildman–Crippen MR) is 120 cm³/mol. The number of anilines is 1. The van der Waals surface area contributed by atoms with Gasteiger partial charge in [-0.2, -0.15) is 0 Å². The summed E-state index contributed by atoms with van der Waals surface area (Å²) in [5.74, 6) is -0.889. The Balaban J connectivity index is 1.49. The second kappa shape index (κ2) is 8.54. The van der Waals surface area contributed by atoms with Gasteiger partial charge in [0.25, 0.3) is 0 Å². The van der Waals surface area contributed by atoms with Crippen LogP contribution in [0.5, 0.6) is 0 Å². The number of carboxylic acids is 1. The summed E-state index contributed by atoms with van der Waals surface area (Å²) in [6.45, 7) is 1.86. The summed E-state index contributed by atoms with van der Waals surface area (Å²) < 4.78 is 0. The van der Waals surface area contributed by atoms with Crippen LogP contribution in [0.15, 0.2) is 78.4 Å². The molecule has 0 amide bonds. The Morgan fingerprint density at radius 1 is 0.897 bits per heavy atom. The van der Waals surface area contributed by atoms with Crippen molar-refractivity contribution >= 4 is 29.3 Å². The van der Waals surface area contributed by atoms with Crippen LogP contribution in [0.2, 0.25) is 5.02 Å². The van der Waals surface area contributed by atoms with E-state index >= 15 is 0 Å². The van der Waals surface area contributed by atoms with Crippen molar-refractivity contribution in [3.05, 3.63) is 94.5 Å². The lowest BCUT2D eigenvalue weighted by molar-refractivity contribution is 0.0697. The fraction of sp³-hybridized carbons (Fsp3) is 0.160. The van der Waals surface area contributed by atoms with Crippen molar-refractivity contribution in [3.63, 3.8) is 0 Å². The van der Waals surface area contributed by atoms with E-state index in [1.807, 2.05) is 24.3 Å². The van der Waals surface area contributed by atoms with Crippen LogP contribution in [0.25, 0.3) is 17.2 Å². The lowest BCUT2D eigenvalue weighted by atomic mass is 9.95. The number of aromatic carboxylic acids is 1. The van der Waals surface area contributed by atoms with E-state index in [4.69, 9.17) is 16.7 Å². The minimum absolute atomic E-state index is 0.324. The Morgan fingerprint density at radius 3 is 2.21 bits per heavy atom. The molecule has 1 N–H and O–H groups in total. The fourth-order valence-corrected chi connectivity index (χ4v) is 3.87. The van der Waals surface area contributed by atoms with Gasteiger partial charge in [0, 0.05) is 23.8 Å². The molecule has 3 aromatic carbocycles. The lowest BCUT2D eigenvalue weighted by Gasteiger charge is -2.30. The minimum atomic E-state index is -0.889. The van der Waals surface area contributed by atoms with Crippen LogP contribution in [-0.2, 0) is 0 Å². The molecule has 1 heterocycles. The average Bonchev–Trinajstić information content (AvgIpc) is 2.75. The van der Waals surface area contributed by atoms with Crippen LogP contribution in [0.3, 0.4) is 0 Å². The van der Waals surface area contributed by atoms with Gasteiger partial charge in [0.05, 0.1) is 5.56 Å². The molecular formula is C25H22ClNO2. The van der Waals surface area contributed by atoms with Gasteiger partial charge in [0.1, 0.15) is 0 Å². The SMILES string of the molecule is O=C(O)c1ccc(N2CCC(=Cc3ccccc3-c3ccc(Cl)cc3)CC2)cc1. The molecule has 1 aliphatic rings. The third-order valence-electron chi connectivity index (χ3n) is 5.36. The van der Waals surface area contributed by atoms with E-state index in [1.54, 1.807) is 12.1 Å². The highest BCUT2D eigenvalue weighted by molar-refractivity contribution is 6.30. The van der Waals surface area contributed by atoms with Crippen molar-refractivity contribution in [2.24, 2.45) is 0 Å². The van der Waals surface area contributed by atoms with E-state index in [-0.39, 0.29) is 0 Å². The highest BCUT2D eigenvalue weighted by Gasteiger charge is 2.15. The molecule has 4 rings (SSSR count). The number of halogens is 1. The first-order valence-corrected chi connectivity index (χ1v) is 10.1. The molecular weight excluding hydrogens is 382 g/mol. The van der Waals surface area contributed by atoms with Gasteiger partial charge in [0.15, 0.2) is 0 Å². The zero-order chi connectivity index (χ0) is 20.2. The normalized spacial score (nSPS) is 14.0. The zero-order valence-corrected chi connectivity index (χ0v) is 16.8. The fourth-order valence-electron chi connectivity index (χ4n) is 3.75. The molecule has 1 fully saturated rings. The van der Waals surface area contributed by atoms with E-state index in [9.17, 15) is 4.79 Å². The summed E-state index contributed by atoms with van der Waals surface area (Å²) >= 11 is 6.04. The van der Waals surface area contributed by atoms with Gasteiger partial charge < -0.3 is 10.0 Å². The van der Waals surface area contributed by atoms with E-state index in [0.29, 0.717) is 5.56 Å². The number of hydrogen-bond acceptors (Lipinski definition) is 2. The molecule has 146 valence electrons. The molecule has 0 radical (unpaired) electrons. The summed E-state index contributed by atoms with van der Waals surface area (Å²) in [5, 5.41) is 9.80. The zero-order valence-electron chi connectivity index (χ0n) is 16.0. The number of hydrogen-bond donors (Lipinski definition) is 1. The number of piperidine rings is 1. The molecule has 4 heteroatoms. The Bertz CT molecular complexity index is 1030. The largest absolute Gasteiger partial charge is 0.478 e. The topological polar surface area (TPSA) is 40.5 Å². The Morgan fingerprint density at radius 2 is 1.55 bits per heavy atom. The van der Waals surface area contributed by atoms with Gasteiger partial charge in [0.2, 0.25) is 0 Å². The quantitative estimate of drug-likeness (QED) is 0.548. The van der Waals surface area contributed by atoms with Crippen molar-refractivity contribution in [2.75, 3.05) is 18.0 Å². The standard InChI is InChI=1S/C25H22ClNO2/c26-22-9-5-19(6-10-22)24-4-2-1-3-21(24)17-18-13-15-27(16-14-18)23-11-7-20(8-12-23)25(28)29/h1-12,17H,13-16H2,(H,28,29). The molecule has 0 unspecified atom stereocenters. The Kier molecular flexibility index (Phi) is 5.68. The number of rotatable bonds is 4. The summed E-state index contributed by atoms with van der Waals surface area (Å²) in [6, 6.07) is 23.6. The Labute approximate surface area is 175 Å². The van der Waals surface area contributed by atoms with Crippen LogP contribution in [-0.4, -0.2) is 24.2 Å². The molecule has 0 aromatic heterocycles. The van der Waals surface area contributed by atoms with Crippen molar-refractivity contribution in [1.82, 2.24) is 0 Å². The number of carboxylic acid groups (broad SMARTS) is 1. The highest BCUT2D eigenvalue weighted by Crippen LogP contribution is 2.30. The van der Waals surface area contributed by atoms with Gasteiger partial charge in [-0.25, -0.2) is 4.79 Å². The molecule has 0 bridgehead atoms. The number of carbonyl (C=O) groups is 1. The van der Waals surface area contributed by atoms with Gasteiger partial charge in [-0.1, -0.05) is 59.6 Å². The molecule has 0 aliphatic carbocycles. The molecule has 0 saturated carbocycles. The summed E-state index contributed by atoms with van der Waals surface area (Å²) in [5.41, 5.74) is 6.44. The van der Waals surface area contributed by atoms with Crippen LogP contribution in [0.4, 0.5) is 5.69 Å². The average molecular weight is 404 g/mol. The molecule has 1 aliphatic heterocycles. The van der Waals surface area contributed by atoms with Gasteiger partial charge in [-0.15, -0.1) is 0 Å². The van der Waals surface area contributed by atoms with Gasteiger partial charge >= 0.3 is 5.97 Å². The molecule has 3 aromatic rings. The smallest absolute Gasteiger partial charge is 0.335 e. The second-order valence-corrected chi connectivity index (χ2v) is 7.67. The minimum Gasteiger partial charge on any atom is -0.478 e. The second-order valence-electron chi connectivity index (χ2n) is 7.24. The number of nitrogens with zero attached hydrogens (tertiary/aromatic N) is 1. The Hall–Kier alpha value is -3.04. The summed E-state index contributed by atoms with van der Waals surface area (Å²) in [4.78, 5) is 13.3. The van der Waals surface area contributed by atoms with Crippen LogP contribution in [0.1, 0.15) is 28.8 Å². The van der Waals surface area contributed by atoms with E-state index in [0.717, 1.165) is 42.2 Å². The molecule has 0 spiro atoms. The predicted octanol–water partition coefficient (Wildman–Crippen LogP) is 6.39. The first-order chi connectivity index (χ1) is 14.1. The van der Waals surface area contributed by atoms with Crippen molar-refractivity contribution < 1.29 is 9.90 Å². The van der Waals surface area contributed by atoms with Crippen LogP contribution >= 0.6 is 11.6 Å². The maximum atomic E-state index is 11.0. The number of benzene rings is 3. The van der Waals surface area contributed by atoms with E-state index in [2.05, 4.69) is 47.4 Å². The van der Waals surface area contributed by atoms with Crippen molar-refractivity contribution in [3.8, 4) is 11.1 Å². The summed E-state index contributed by atoms with van der Waals surface area (Å²) in [7, 11) is 0. The van der Waals surface area contributed by atoms with Crippen LogP contribution in [0, 0.1) is 0 Å². The molecule has 3 nitrogen and oxygen atoms in total. The maximum Gasteiger partial charge on any atom is 0.335 e. The van der Waals surface area contributed by atoms with Crippen molar-refractivity contribution in [1.29, 1.82) is 0 Å². The van der Waals surface area contributed by atoms with Crippen molar-refractivity contribution in [2.45, 2.75) is 12.8 Å².